The molecule has 5 rings (SSSR count). The van der Waals surface area contributed by atoms with Gasteiger partial charge < -0.3 is 9.05 Å². The van der Waals surface area contributed by atoms with Gasteiger partial charge in [0.15, 0.2) is 6.54 Å². The Hall–Kier alpha value is -0.770. The fourth-order valence-corrected chi connectivity index (χ4v) is 17.9. The molecule has 0 unspecified atom stereocenters. The Morgan fingerprint density at radius 3 is 2.38 bits per heavy atom. The lowest BCUT2D eigenvalue weighted by Gasteiger charge is -2.43. The summed E-state index contributed by atoms with van der Waals surface area (Å²) in [6.45, 7) is 7.29. The normalized spacial score (nSPS) is 28.2. The minimum Gasteiger partial charge on any atom is -0.435 e. The van der Waals surface area contributed by atoms with Crippen molar-refractivity contribution in [1.29, 1.82) is 0 Å². The average Bonchev–Trinajstić information content (AvgIpc) is 2.74. The summed E-state index contributed by atoms with van der Waals surface area (Å²) in [6, 6.07) is 16.1. The van der Waals surface area contributed by atoms with Gasteiger partial charge in [0.25, 0.3) is 7.58 Å². The molecule has 172 valence electrons. The van der Waals surface area contributed by atoms with E-state index in [2.05, 4.69) is 39.8 Å². The minimum absolute atomic E-state index is 0.697. The smallest absolute Gasteiger partial charge is 0.435 e. The van der Waals surface area contributed by atoms with Crippen LogP contribution in [0.3, 0.4) is 0 Å². The molecule has 1 N–H and O–H groups in total. The van der Waals surface area contributed by atoms with Gasteiger partial charge >= 0.3 is 7.58 Å². The Morgan fingerprint density at radius 1 is 0.969 bits per heavy atom. The predicted molar refractivity (Wildman–Crippen MR) is 134 cm³/mol. The van der Waals surface area contributed by atoms with E-state index < -0.39 is 21.1 Å². The molecular formula is C20H27Cl2N5O2P3+. The summed E-state index contributed by atoms with van der Waals surface area (Å²) in [4.78, 5) is 3.39. The highest BCUT2D eigenvalue weighted by Gasteiger charge is 2.52. The van der Waals surface area contributed by atoms with Crippen LogP contribution in [0.5, 0.6) is 11.5 Å². The van der Waals surface area contributed by atoms with Crippen molar-refractivity contribution in [2.45, 2.75) is 39.8 Å². The summed E-state index contributed by atoms with van der Waals surface area (Å²) >= 11 is 13.8. The Balaban J connectivity index is 1.76. The molecule has 0 saturated carbocycles. The lowest BCUT2D eigenvalue weighted by Crippen LogP contribution is -2.34. The number of fused-ring (bicyclic) bond motifs is 2. The molecule has 3 aliphatic heterocycles. The van der Waals surface area contributed by atoms with E-state index in [0.29, 0.717) is 13.1 Å². The van der Waals surface area contributed by atoms with Crippen molar-refractivity contribution in [3.05, 3.63) is 59.7 Å². The van der Waals surface area contributed by atoms with Crippen LogP contribution in [-0.4, -0.2) is 22.1 Å². The van der Waals surface area contributed by atoms with Crippen molar-refractivity contribution in [2.24, 2.45) is 9.03 Å². The second kappa shape index (κ2) is 8.78. The van der Waals surface area contributed by atoms with Crippen LogP contribution in [-0.2, 0) is 13.1 Å². The second-order valence-corrected chi connectivity index (χ2v) is 18.3. The maximum atomic E-state index is 6.88. The third-order valence-electron chi connectivity index (χ3n) is 5.53. The van der Waals surface area contributed by atoms with E-state index in [9.17, 15) is 0 Å². The van der Waals surface area contributed by atoms with Crippen LogP contribution >= 0.6 is 43.6 Å². The largest absolute Gasteiger partial charge is 0.526 e. The summed E-state index contributed by atoms with van der Waals surface area (Å²) in [5, 5.41) is 0. The van der Waals surface area contributed by atoms with Gasteiger partial charge in [-0.25, -0.2) is 4.67 Å². The number of rotatable bonds is 4. The third-order valence-corrected chi connectivity index (χ3v) is 16.9. The van der Waals surface area contributed by atoms with Gasteiger partial charge in [0, 0.05) is 25.1 Å². The molecule has 7 nitrogen and oxygen atoms in total. The molecule has 2 spiro atoms. The van der Waals surface area contributed by atoms with Crippen molar-refractivity contribution in [2.75, 3.05) is 13.1 Å². The van der Waals surface area contributed by atoms with E-state index in [1.54, 1.807) is 0 Å². The fourth-order valence-electron chi connectivity index (χ4n) is 4.18. The molecule has 3 aliphatic rings. The van der Waals surface area contributed by atoms with Crippen molar-refractivity contribution in [3.8, 4) is 11.5 Å². The molecular weight excluding hydrogens is 506 g/mol. The quantitative estimate of drug-likeness (QED) is 0.403. The second-order valence-electron chi connectivity index (χ2n) is 7.99. The Bertz CT molecular complexity index is 1230. The molecule has 0 aliphatic carbocycles. The first-order valence-electron chi connectivity index (χ1n) is 10.8. The number of hydrogen-bond donors (Lipinski definition) is 1. The van der Waals surface area contributed by atoms with Gasteiger partial charge in [0.2, 0.25) is 5.91 Å². The fraction of sp³-hybridized carbons (Fsp3) is 0.400. The van der Waals surface area contributed by atoms with Crippen molar-refractivity contribution in [1.82, 2.24) is 9.53 Å². The molecule has 0 aromatic heterocycles. The topological polar surface area (TPSA) is 61.5 Å². The van der Waals surface area contributed by atoms with E-state index in [-0.39, 0.29) is 0 Å². The SMILES string of the molecule is CCCN1Cc2ccccc2O[P@@]12=N[P@]1(=[N+](CCC)Cc3ccccc3O1)N=P(Cl)(Cl)N2. The zero-order chi connectivity index (χ0) is 22.4. The van der Waals surface area contributed by atoms with E-state index in [4.69, 9.17) is 40.6 Å². The van der Waals surface area contributed by atoms with Crippen LogP contribution in [0.2, 0.25) is 0 Å². The van der Waals surface area contributed by atoms with Gasteiger partial charge in [-0.15, -0.1) is 9.03 Å². The van der Waals surface area contributed by atoms with Crippen LogP contribution in [0, 0.1) is 0 Å². The Morgan fingerprint density at radius 2 is 1.66 bits per heavy atom. The highest BCUT2D eigenvalue weighted by atomic mass is 35.9. The first-order valence-corrected chi connectivity index (χ1v) is 17.5. The molecule has 0 fully saturated rings. The third kappa shape index (κ3) is 4.12. The molecule has 0 radical (unpaired) electrons. The average molecular weight is 533 g/mol. The maximum Gasteiger partial charge on any atom is 0.526 e. The molecule has 0 bridgehead atoms. The number of halogens is 2. The van der Waals surface area contributed by atoms with Gasteiger partial charge in [0.05, 0.1) is 5.56 Å². The van der Waals surface area contributed by atoms with E-state index in [1.165, 1.54) is 0 Å². The van der Waals surface area contributed by atoms with Crippen LogP contribution in [0.1, 0.15) is 37.8 Å². The van der Waals surface area contributed by atoms with Gasteiger partial charge in [-0.2, -0.15) is 9.19 Å². The Labute approximate surface area is 199 Å². The van der Waals surface area contributed by atoms with Gasteiger partial charge in [-0.05, 0) is 47.1 Å². The number of para-hydroxylation sites is 2. The zero-order valence-corrected chi connectivity index (χ0v) is 22.3. The van der Waals surface area contributed by atoms with E-state index >= 15 is 0 Å². The highest BCUT2D eigenvalue weighted by Crippen LogP contribution is 2.81. The molecule has 2 atom stereocenters. The van der Waals surface area contributed by atoms with Crippen molar-refractivity contribution in [3.63, 3.8) is 0 Å². The molecule has 32 heavy (non-hydrogen) atoms. The van der Waals surface area contributed by atoms with Gasteiger partial charge in [-0.3, -0.25) is 0 Å². The number of benzene rings is 2. The van der Waals surface area contributed by atoms with Crippen LogP contribution < -0.4 is 13.9 Å². The number of nitrogens with one attached hydrogen (secondary N) is 1. The van der Waals surface area contributed by atoms with Crippen molar-refractivity contribution < 1.29 is 13.4 Å². The summed E-state index contributed by atoms with van der Waals surface area (Å²) in [6.07, 6.45) is 1.89. The maximum absolute atomic E-state index is 6.88. The first kappa shape index (κ1) is 23.0. The molecule has 0 amide bonds. The summed E-state index contributed by atoms with van der Waals surface area (Å²) in [5.41, 5.74) is 2.25. The van der Waals surface area contributed by atoms with Crippen molar-refractivity contribution >= 4 is 43.6 Å². The highest BCUT2D eigenvalue weighted by molar-refractivity contribution is 8.14. The van der Waals surface area contributed by atoms with E-state index in [1.807, 2.05) is 36.4 Å². The standard InChI is InChI=1S/C20H27Cl2N5O2P3/c1-3-13-26-15-17-9-5-7-11-19(17)28-31(26)23-30(21,22)24-32(25-31)27(14-4-2)16-18-10-6-8-12-20(18)29-32/h5-12,23H,3-4,13-16H2,1-2H3/q+1/t31-,32-/m0/s1. The lowest BCUT2D eigenvalue weighted by atomic mass is 10.2. The first-order chi connectivity index (χ1) is 15.4. The number of hydrogen-bond acceptors (Lipinski definition) is 6. The van der Waals surface area contributed by atoms with Crippen LogP contribution in [0.4, 0.5) is 0 Å². The molecule has 12 heteroatoms. The van der Waals surface area contributed by atoms with Gasteiger partial charge in [-0.1, -0.05) is 44.2 Å². The molecule has 3 heterocycles. The van der Waals surface area contributed by atoms with E-state index in [0.717, 1.165) is 48.6 Å². The lowest BCUT2D eigenvalue weighted by molar-refractivity contribution is -0.531. The zero-order valence-electron chi connectivity index (χ0n) is 18.1. The molecule has 2 aromatic carbocycles. The summed E-state index contributed by atoms with van der Waals surface area (Å²) in [5.74, 6) is -1.34. The number of nitrogens with zero attached hydrogens (tertiary/aromatic N) is 4. The Kier molecular flexibility index (Phi) is 6.31. The predicted octanol–water partition coefficient (Wildman–Crippen LogP) is 8.23. The van der Waals surface area contributed by atoms with Crippen LogP contribution in [0.25, 0.3) is 0 Å². The monoisotopic (exact) mass is 532 g/mol. The molecule has 0 saturated heterocycles. The van der Waals surface area contributed by atoms with Crippen LogP contribution in [0.15, 0.2) is 57.6 Å². The summed E-state index contributed by atoms with van der Waals surface area (Å²) < 4.78 is 28.1. The molecule has 2 aromatic rings. The van der Waals surface area contributed by atoms with Gasteiger partial charge in [0.1, 0.15) is 18.0 Å². The minimum atomic E-state index is -2.96. The summed E-state index contributed by atoms with van der Waals surface area (Å²) in [7, 11) is -5.67.